The number of aromatic nitrogens is 4. The van der Waals surface area contributed by atoms with E-state index in [4.69, 9.17) is 14.2 Å². The van der Waals surface area contributed by atoms with Crippen LogP contribution in [-0.2, 0) is 14.2 Å². The zero-order valence-corrected chi connectivity index (χ0v) is 16.0. The van der Waals surface area contributed by atoms with Gasteiger partial charge < -0.3 is 14.2 Å². The summed E-state index contributed by atoms with van der Waals surface area (Å²) in [5, 5.41) is 4.71. The SMILES string of the molecule is CCOC(=O)c1nc2c3cc(C)c(C)cc3n(C(OC)OCC)c(=O)n2n1. The molecule has 9 heteroatoms. The molecule has 0 N–H and O–H groups in total. The number of hydrogen-bond acceptors (Lipinski definition) is 7. The molecule has 144 valence electrons. The summed E-state index contributed by atoms with van der Waals surface area (Å²) in [7, 11) is 1.45. The monoisotopic (exact) mass is 374 g/mol. The molecule has 2 heterocycles. The molecule has 0 saturated heterocycles. The van der Waals surface area contributed by atoms with Gasteiger partial charge in [0.1, 0.15) is 0 Å². The van der Waals surface area contributed by atoms with Crippen LogP contribution in [0.25, 0.3) is 16.6 Å². The Morgan fingerprint density at radius 3 is 2.52 bits per heavy atom. The van der Waals surface area contributed by atoms with Crippen molar-refractivity contribution < 1.29 is 19.0 Å². The molecule has 9 nitrogen and oxygen atoms in total. The Labute approximate surface area is 155 Å². The van der Waals surface area contributed by atoms with E-state index >= 15 is 0 Å². The Bertz CT molecular complexity index is 1070. The summed E-state index contributed by atoms with van der Waals surface area (Å²) in [5.41, 5.74) is 2.35. The largest absolute Gasteiger partial charge is 0.460 e. The standard InChI is InChI=1S/C18H22N4O5/c1-6-26-16(23)14-19-15-12-8-10(3)11(4)9-13(12)21(17(24)22(15)20-14)18(25-5)27-7-2/h8-9,18H,6-7H2,1-5H3. The van der Waals surface area contributed by atoms with Crippen molar-refractivity contribution in [3.05, 3.63) is 39.6 Å². The van der Waals surface area contributed by atoms with Gasteiger partial charge in [-0.3, -0.25) is 0 Å². The van der Waals surface area contributed by atoms with Gasteiger partial charge in [-0.1, -0.05) is 0 Å². The second kappa shape index (κ2) is 7.45. The molecule has 1 aromatic carbocycles. The van der Waals surface area contributed by atoms with Gasteiger partial charge in [-0.2, -0.15) is 4.52 Å². The molecule has 1 atom stereocenters. The minimum Gasteiger partial charge on any atom is -0.460 e. The van der Waals surface area contributed by atoms with Crippen LogP contribution in [0.4, 0.5) is 0 Å². The van der Waals surface area contributed by atoms with Crippen LogP contribution in [0.5, 0.6) is 0 Å². The van der Waals surface area contributed by atoms with Crippen LogP contribution < -0.4 is 5.69 Å². The van der Waals surface area contributed by atoms with Crippen LogP contribution in [0, 0.1) is 13.8 Å². The van der Waals surface area contributed by atoms with E-state index in [1.807, 2.05) is 32.9 Å². The number of aryl methyl sites for hydroxylation is 2. The van der Waals surface area contributed by atoms with E-state index in [2.05, 4.69) is 10.1 Å². The van der Waals surface area contributed by atoms with Gasteiger partial charge in [-0.05, 0) is 51.0 Å². The average molecular weight is 374 g/mol. The summed E-state index contributed by atoms with van der Waals surface area (Å²) in [4.78, 5) is 29.4. The number of ether oxygens (including phenoxy) is 3. The molecule has 0 spiro atoms. The van der Waals surface area contributed by atoms with Crippen molar-refractivity contribution in [2.24, 2.45) is 0 Å². The second-order valence-electron chi connectivity index (χ2n) is 6.00. The number of fused-ring (bicyclic) bond motifs is 3. The molecule has 0 saturated carbocycles. The predicted octanol–water partition coefficient (Wildman–Crippen LogP) is 1.98. The van der Waals surface area contributed by atoms with Crippen molar-refractivity contribution in [2.45, 2.75) is 34.1 Å². The topological polar surface area (TPSA) is 97.0 Å². The first kappa shape index (κ1) is 19.0. The van der Waals surface area contributed by atoms with Gasteiger partial charge in [0.15, 0.2) is 5.65 Å². The lowest BCUT2D eigenvalue weighted by molar-refractivity contribution is -0.171. The highest BCUT2D eigenvalue weighted by molar-refractivity contribution is 5.94. The van der Waals surface area contributed by atoms with Gasteiger partial charge in [-0.15, -0.1) is 5.10 Å². The smallest absolute Gasteiger partial charge is 0.378 e. The van der Waals surface area contributed by atoms with Crippen molar-refractivity contribution in [3.63, 3.8) is 0 Å². The maximum atomic E-state index is 13.1. The average Bonchev–Trinajstić information content (AvgIpc) is 3.09. The van der Waals surface area contributed by atoms with Crippen LogP contribution in [0.1, 0.15) is 42.0 Å². The van der Waals surface area contributed by atoms with Crippen molar-refractivity contribution in [3.8, 4) is 0 Å². The first-order chi connectivity index (χ1) is 12.9. The van der Waals surface area contributed by atoms with Gasteiger partial charge in [0.05, 0.1) is 12.1 Å². The number of carbonyl (C=O) groups excluding carboxylic acids is 1. The molecule has 0 aliphatic carbocycles. The molecule has 1 unspecified atom stereocenters. The predicted molar refractivity (Wildman–Crippen MR) is 97.9 cm³/mol. The van der Waals surface area contributed by atoms with Crippen molar-refractivity contribution >= 4 is 22.5 Å². The normalized spacial score (nSPS) is 12.6. The maximum Gasteiger partial charge on any atom is 0.378 e. The van der Waals surface area contributed by atoms with Crippen LogP contribution in [0.15, 0.2) is 16.9 Å². The zero-order chi connectivity index (χ0) is 19.7. The number of hydrogen-bond donors (Lipinski definition) is 0. The molecule has 3 rings (SSSR count). The fourth-order valence-electron chi connectivity index (χ4n) is 2.88. The highest BCUT2D eigenvalue weighted by Gasteiger charge is 2.23. The van der Waals surface area contributed by atoms with Gasteiger partial charge in [0, 0.05) is 19.1 Å². The van der Waals surface area contributed by atoms with E-state index in [0.29, 0.717) is 17.5 Å². The number of benzene rings is 1. The summed E-state index contributed by atoms with van der Waals surface area (Å²) < 4.78 is 18.3. The Hall–Kier alpha value is -2.78. The summed E-state index contributed by atoms with van der Waals surface area (Å²) >= 11 is 0. The van der Waals surface area contributed by atoms with E-state index in [1.165, 1.54) is 11.7 Å². The van der Waals surface area contributed by atoms with Gasteiger partial charge >= 0.3 is 11.7 Å². The molecule has 27 heavy (non-hydrogen) atoms. The van der Waals surface area contributed by atoms with E-state index in [1.54, 1.807) is 6.92 Å². The third-order valence-electron chi connectivity index (χ3n) is 4.29. The van der Waals surface area contributed by atoms with Crippen LogP contribution in [-0.4, -0.2) is 45.5 Å². The lowest BCUT2D eigenvalue weighted by Crippen LogP contribution is -2.33. The summed E-state index contributed by atoms with van der Waals surface area (Å²) in [6.45, 7) is 7.94. The lowest BCUT2D eigenvalue weighted by Gasteiger charge is -2.20. The fourth-order valence-corrected chi connectivity index (χ4v) is 2.88. The van der Waals surface area contributed by atoms with Gasteiger partial charge in [0.2, 0.25) is 6.41 Å². The second-order valence-corrected chi connectivity index (χ2v) is 6.00. The zero-order valence-electron chi connectivity index (χ0n) is 16.0. The molecule has 0 aliphatic heterocycles. The molecule has 0 amide bonds. The number of methoxy groups -OCH3 is 1. The molecule has 0 fully saturated rings. The Balaban J connectivity index is 2.42. The third kappa shape index (κ3) is 3.19. The Kier molecular flexibility index (Phi) is 5.24. The third-order valence-corrected chi connectivity index (χ3v) is 4.29. The number of carbonyl (C=O) groups is 1. The van der Waals surface area contributed by atoms with Gasteiger partial charge in [-0.25, -0.2) is 19.1 Å². The summed E-state index contributed by atoms with van der Waals surface area (Å²) in [5.74, 6) is -0.853. The molecule has 0 radical (unpaired) electrons. The van der Waals surface area contributed by atoms with Crippen molar-refractivity contribution in [1.82, 2.24) is 19.2 Å². The molecular weight excluding hydrogens is 352 g/mol. The maximum absolute atomic E-state index is 13.1. The molecule has 3 aromatic rings. The number of esters is 1. The lowest BCUT2D eigenvalue weighted by atomic mass is 10.1. The van der Waals surface area contributed by atoms with E-state index in [9.17, 15) is 9.59 Å². The number of rotatable bonds is 6. The van der Waals surface area contributed by atoms with Crippen LogP contribution in [0.2, 0.25) is 0 Å². The highest BCUT2D eigenvalue weighted by atomic mass is 16.7. The quantitative estimate of drug-likeness (QED) is 0.481. The highest BCUT2D eigenvalue weighted by Crippen LogP contribution is 2.24. The van der Waals surface area contributed by atoms with E-state index < -0.39 is 18.1 Å². The summed E-state index contributed by atoms with van der Waals surface area (Å²) in [6.07, 6.45) is -0.938. The van der Waals surface area contributed by atoms with Gasteiger partial charge in [0.25, 0.3) is 5.82 Å². The number of nitrogens with zero attached hydrogens (tertiary/aromatic N) is 4. The Morgan fingerprint density at radius 2 is 1.89 bits per heavy atom. The summed E-state index contributed by atoms with van der Waals surface area (Å²) in [6, 6.07) is 3.77. The fraction of sp³-hybridized carbons (Fsp3) is 0.444. The molecular formula is C18H22N4O5. The Morgan fingerprint density at radius 1 is 1.19 bits per heavy atom. The van der Waals surface area contributed by atoms with Crippen molar-refractivity contribution in [1.29, 1.82) is 0 Å². The van der Waals surface area contributed by atoms with E-state index in [0.717, 1.165) is 15.6 Å². The minimum absolute atomic E-state index is 0.170. The minimum atomic E-state index is -0.938. The first-order valence-corrected chi connectivity index (χ1v) is 8.66. The van der Waals surface area contributed by atoms with E-state index in [-0.39, 0.29) is 18.1 Å². The van der Waals surface area contributed by atoms with Crippen molar-refractivity contribution in [2.75, 3.05) is 20.3 Å². The first-order valence-electron chi connectivity index (χ1n) is 8.66. The molecule has 0 bridgehead atoms. The molecule has 0 aliphatic rings. The molecule has 2 aromatic heterocycles. The van der Waals surface area contributed by atoms with Crippen LogP contribution in [0.3, 0.4) is 0 Å². The van der Waals surface area contributed by atoms with Crippen LogP contribution >= 0.6 is 0 Å².